The molecule has 0 saturated heterocycles. The molecule has 2 aromatic carbocycles. The summed E-state index contributed by atoms with van der Waals surface area (Å²) in [6.45, 7) is 0. The molecule has 2 rings (SSSR count). The normalized spacial score (nSPS) is 12.4. The van der Waals surface area contributed by atoms with Crippen LogP contribution in [-0.4, -0.2) is 4.21 Å². The van der Waals surface area contributed by atoms with E-state index in [1.54, 1.807) is 18.2 Å². The number of benzene rings is 2. The van der Waals surface area contributed by atoms with Crippen LogP contribution in [0, 0.1) is 11.6 Å². The zero-order chi connectivity index (χ0) is 13.8. The van der Waals surface area contributed by atoms with E-state index >= 15 is 0 Å². The molecular formula is C14H11ClF2OS. The van der Waals surface area contributed by atoms with Crippen LogP contribution in [0.15, 0.2) is 42.5 Å². The molecule has 2 aromatic rings. The first kappa shape index (κ1) is 14.2. The fourth-order valence-electron chi connectivity index (χ4n) is 1.69. The van der Waals surface area contributed by atoms with Crippen molar-refractivity contribution < 1.29 is 13.0 Å². The van der Waals surface area contributed by atoms with Crippen molar-refractivity contribution in [2.75, 3.05) is 0 Å². The Morgan fingerprint density at radius 1 is 1.05 bits per heavy atom. The first-order chi connectivity index (χ1) is 9.06. The fourth-order valence-corrected chi connectivity index (χ4v) is 3.27. The van der Waals surface area contributed by atoms with Gasteiger partial charge in [0.15, 0.2) is 0 Å². The topological polar surface area (TPSA) is 17.1 Å². The van der Waals surface area contributed by atoms with Gasteiger partial charge in [0.2, 0.25) is 0 Å². The van der Waals surface area contributed by atoms with Gasteiger partial charge in [-0.1, -0.05) is 29.8 Å². The van der Waals surface area contributed by atoms with Crippen LogP contribution in [0.3, 0.4) is 0 Å². The summed E-state index contributed by atoms with van der Waals surface area (Å²) < 4.78 is 38.5. The summed E-state index contributed by atoms with van der Waals surface area (Å²) in [4.78, 5) is 0. The third-order valence-electron chi connectivity index (χ3n) is 2.58. The average molecular weight is 301 g/mol. The molecule has 100 valence electrons. The van der Waals surface area contributed by atoms with Crippen LogP contribution >= 0.6 is 11.6 Å². The second-order valence-electron chi connectivity index (χ2n) is 4.06. The van der Waals surface area contributed by atoms with E-state index in [1.807, 2.05) is 0 Å². The van der Waals surface area contributed by atoms with Crippen molar-refractivity contribution in [1.82, 2.24) is 0 Å². The van der Waals surface area contributed by atoms with Crippen molar-refractivity contribution in [1.29, 1.82) is 0 Å². The van der Waals surface area contributed by atoms with E-state index in [2.05, 4.69) is 0 Å². The zero-order valence-electron chi connectivity index (χ0n) is 9.91. The Morgan fingerprint density at radius 3 is 2.47 bits per heavy atom. The molecule has 0 spiro atoms. The molecule has 0 bridgehead atoms. The largest absolute Gasteiger partial charge is 0.259 e. The molecule has 1 atom stereocenters. The Morgan fingerprint density at radius 2 is 1.79 bits per heavy atom. The molecule has 0 aliphatic heterocycles. The summed E-state index contributed by atoms with van der Waals surface area (Å²) in [6, 6.07) is 10.2. The Balaban J connectivity index is 2.10. The van der Waals surface area contributed by atoms with Gasteiger partial charge in [0.05, 0.1) is 5.75 Å². The van der Waals surface area contributed by atoms with Crippen LogP contribution < -0.4 is 0 Å². The molecule has 0 aliphatic rings. The Labute approximate surface area is 117 Å². The maximum atomic E-state index is 13.5. The third kappa shape index (κ3) is 3.85. The van der Waals surface area contributed by atoms with Gasteiger partial charge in [-0.25, -0.2) is 8.78 Å². The van der Waals surface area contributed by atoms with E-state index in [-0.39, 0.29) is 27.9 Å². The van der Waals surface area contributed by atoms with Gasteiger partial charge in [0.1, 0.15) is 11.6 Å². The highest BCUT2D eigenvalue weighted by Gasteiger charge is 2.11. The summed E-state index contributed by atoms with van der Waals surface area (Å²) in [7, 11) is -1.34. The van der Waals surface area contributed by atoms with Crippen molar-refractivity contribution in [2.24, 2.45) is 0 Å². The number of hydrogen-bond donors (Lipinski definition) is 0. The van der Waals surface area contributed by atoms with Crippen LogP contribution in [0.4, 0.5) is 8.78 Å². The highest BCUT2D eigenvalue weighted by molar-refractivity contribution is 7.83. The van der Waals surface area contributed by atoms with Gasteiger partial charge >= 0.3 is 0 Å². The van der Waals surface area contributed by atoms with Crippen molar-refractivity contribution in [3.63, 3.8) is 0 Å². The average Bonchev–Trinajstić information content (AvgIpc) is 2.34. The van der Waals surface area contributed by atoms with Gasteiger partial charge in [-0.05, 0) is 29.8 Å². The van der Waals surface area contributed by atoms with E-state index < -0.39 is 16.6 Å². The minimum absolute atomic E-state index is 0.0159. The summed E-state index contributed by atoms with van der Waals surface area (Å²) in [5.74, 6) is -0.664. The molecule has 0 aliphatic carbocycles. The molecule has 0 saturated carbocycles. The van der Waals surface area contributed by atoms with Gasteiger partial charge in [0.25, 0.3) is 0 Å². The number of halogens is 3. The van der Waals surface area contributed by atoms with Gasteiger partial charge < -0.3 is 0 Å². The monoisotopic (exact) mass is 300 g/mol. The van der Waals surface area contributed by atoms with Crippen molar-refractivity contribution in [3.8, 4) is 0 Å². The molecule has 0 aromatic heterocycles. The van der Waals surface area contributed by atoms with E-state index in [0.717, 1.165) is 0 Å². The molecule has 0 N–H and O–H groups in total. The zero-order valence-corrected chi connectivity index (χ0v) is 11.5. The Kier molecular flexibility index (Phi) is 4.66. The highest BCUT2D eigenvalue weighted by atomic mass is 35.5. The Hall–Kier alpha value is -1.26. The second-order valence-corrected chi connectivity index (χ2v) is 5.92. The maximum Gasteiger partial charge on any atom is 0.128 e. The molecule has 0 radical (unpaired) electrons. The standard InChI is InChI=1S/C14H11ClF2OS/c15-13-5-2-6-14(17)12(13)9-19(18)8-10-3-1-4-11(16)7-10/h1-7H,8-9H2. The lowest BCUT2D eigenvalue weighted by atomic mass is 10.2. The van der Waals surface area contributed by atoms with Crippen LogP contribution in [0.2, 0.25) is 5.02 Å². The van der Waals surface area contributed by atoms with Crippen molar-refractivity contribution in [3.05, 3.63) is 70.2 Å². The lowest BCUT2D eigenvalue weighted by molar-refractivity contribution is 0.615. The van der Waals surface area contributed by atoms with Crippen LogP contribution in [0.1, 0.15) is 11.1 Å². The lowest BCUT2D eigenvalue weighted by Gasteiger charge is -2.06. The van der Waals surface area contributed by atoms with Gasteiger partial charge in [-0.3, -0.25) is 4.21 Å². The smallest absolute Gasteiger partial charge is 0.128 e. The minimum atomic E-state index is -1.34. The van der Waals surface area contributed by atoms with Gasteiger partial charge in [-0.15, -0.1) is 0 Å². The first-order valence-corrected chi connectivity index (χ1v) is 7.45. The molecule has 5 heteroatoms. The minimum Gasteiger partial charge on any atom is -0.259 e. The van der Waals surface area contributed by atoms with E-state index in [4.69, 9.17) is 11.6 Å². The molecule has 19 heavy (non-hydrogen) atoms. The second kappa shape index (κ2) is 6.26. The summed E-state index contributed by atoms with van der Waals surface area (Å²) in [5, 5.41) is 0.257. The van der Waals surface area contributed by atoms with E-state index in [0.29, 0.717) is 5.56 Å². The maximum absolute atomic E-state index is 13.5. The van der Waals surface area contributed by atoms with Gasteiger partial charge in [0, 0.05) is 27.1 Å². The predicted octanol–water partition coefficient (Wildman–Crippen LogP) is 4.07. The fraction of sp³-hybridized carbons (Fsp3) is 0.143. The van der Waals surface area contributed by atoms with E-state index in [9.17, 15) is 13.0 Å². The Bertz CT molecular complexity index is 596. The molecule has 0 heterocycles. The van der Waals surface area contributed by atoms with Crippen LogP contribution in [-0.2, 0) is 22.3 Å². The molecule has 0 fully saturated rings. The molecule has 1 unspecified atom stereocenters. The summed E-state index contributed by atoms with van der Waals surface area (Å²) in [6.07, 6.45) is 0. The molecular weight excluding hydrogens is 290 g/mol. The summed E-state index contributed by atoms with van der Waals surface area (Å²) in [5.41, 5.74) is 0.852. The van der Waals surface area contributed by atoms with Crippen LogP contribution in [0.5, 0.6) is 0 Å². The van der Waals surface area contributed by atoms with E-state index in [1.165, 1.54) is 24.3 Å². The number of hydrogen-bond acceptors (Lipinski definition) is 1. The highest BCUT2D eigenvalue weighted by Crippen LogP contribution is 2.21. The van der Waals surface area contributed by atoms with Crippen molar-refractivity contribution in [2.45, 2.75) is 11.5 Å². The third-order valence-corrected chi connectivity index (χ3v) is 4.20. The lowest BCUT2D eigenvalue weighted by Crippen LogP contribution is -2.02. The van der Waals surface area contributed by atoms with Gasteiger partial charge in [-0.2, -0.15) is 0 Å². The molecule has 0 amide bonds. The number of rotatable bonds is 4. The SMILES string of the molecule is O=S(Cc1cccc(F)c1)Cc1c(F)cccc1Cl. The molecule has 1 nitrogen and oxygen atoms in total. The first-order valence-electron chi connectivity index (χ1n) is 5.58. The predicted molar refractivity (Wildman–Crippen MR) is 73.4 cm³/mol. The van der Waals surface area contributed by atoms with Crippen molar-refractivity contribution >= 4 is 22.4 Å². The van der Waals surface area contributed by atoms with Crippen LogP contribution in [0.25, 0.3) is 0 Å². The quantitative estimate of drug-likeness (QED) is 0.832. The summed E-state index contributed by atoms with van der Waals surface area (Å²) >= 11 is 5.87.